The zero-order valence-electron chi connectivity index (χ0n) is 7.26. The van der Waals surface area contributed by atoms with Crippen molar-refractivity contribution in [1.29, 1.82) is 0 Å². The van der Waals surface area contributed by atoms with E-state index in [1.54, 1.807) is 13.8 Å². The van der Waals surface area contributed by atoms with E-state index in [0.29, 0.717) is 0 Å². The molecule has 5 nitrogen and oxygen atoms in total. The highest BCUT2D eigenvalue weighted by Crippen LogP contribution is 2.00. The molecule has 0 aliphatic rings. The lowest BCUT2D eigenvalue weighted by atomic mass is 10.7. The molecule has 0 aromatic heterocycles. The third-order valence-electron chi connectivity index (χ3n) is 0.823. The van der Waals surface area contributed by atoms with E-state index in [1.807, 2.05) is 0 Å². The molecule has 0 aliphatic carbocycles. The summed E-state index contributed by atoms with van der Waals surface area (Å²) >= 11 is 0. The van der Waals surface area contributed by atoms with Crippen LogP contribution in [0.1, 0.15) is 13.8 Å². The van der Waals surface area contributed by atoms with E-state index in [0.717, 1.165) is 12.5 Å². The molecule has 0 spiro atoms. The van der Waals surface area contributed by atoms with Gasteiger partial charge in [-0.3, -0.25) is 0 Å². The van der Waals surface area contributed by atoms with Gasteiger partial charge in [-0.1, -0.05) is 12.2 Å². The molecule has 0 fully saturated rings. The number of carbonyl (C=O) groups is 1. The van der Waals surface area contributed by atoms with Crippen molar-refractivity contribution in [2.24, 2.45) is 0 Å². The van der Waals surface area contributed by atoms with Crippen molar-refractivity contribution in [3.8, 4) is 0 Å². The first kappa shape index (κ1) is 11.7. The third-order valence-corrected chi connectivity index (χ3v) is 1.69. The molecular formula is C7H10O5S. The van der Waals surface area contributed by atoms with Crippen molar-refractivity contribution >= 4 is 15.4 Å². The van der Waals surface area contributed by atoms with Gasteiger partial charge in [0.05, 0.1) is 6.26 Å². The molecule has 0 aromatic carbocycles. The minimum Gasteiger partial charge on any atom is -0.421 e. The van der Waals surface area contributed by atoms with Crippen molar-refractivity contribution in [1.82, 2.24) is 0 Å². The Labute approximate surface area is 76.8 Å². The molecule has 74 valence electrons. The maximum atomic E-state index is 10.8. The lowest BCUT2D eigenvalue weighted by Gasteiger charge is -1.98. The Bertz CT molecular complexity index is 312. The predicted molar refractivity (Wildman–Crippen MR) is 46.1 cm³/mol. The number of ether oxygens (including phenoxy) is 1. The Morgan fingerprint density at radius 2 is 1.69 bits per heavy atom. The van der Waals surface area contributed by atoms with E-state index in [4.69, 9.17) is 0 Å². The quantitative estimate of drug-likeness (QED) is 0.398. The van der Waals surface area contributed by atoms with Crippen molar-refractivity contribution < 1.29 is 22.1 Å². The van der Waals surface area contributed by atoms with Gasteiger partial charge in [0, 0.05) is 0 Å². The summed E-state index contributed by atoms with van der Waals surface area (Å²) in [5.74, 6) is 0. The van der Waals surface area contributed by atoms with Crippen molar-refractivity contribution in [3.05, 3.63) is 24.7 Å². The first-order valence-electron chi connectivity index (χ1n) is 3.41. The van der Waals surface area contributed by atoms with Crippen LogP contribution in [0.25, 0.3) is 0 Å². The Hall–Kier alpha value is -1.30. The van der Waals surface area contributed by atoms with Crippen LogP contribution < -0.4 is 0 Å². The largest absolute Gasteiger partial charge is 0.468 e. The van der Waals surface area contributed by atoms with Crippen LogP contribution in [0, 0.1) is 0 Å². The molecule has 0 aliphatic heterocycles. The lowest BCUT2D eigenvalue weighted by molar-refractivity contribution is 0.207. The molecule has 0 heterocycles. The Morgan fingerprint density at radius 3 is 2.15 bits per heavy atom. The zero-order valence-corrected chi connectivity index (χ0v) is 8.08. The average molecular weight is 206 g/mol. The molecule has 0 saturated heterocycles. The molecule has 0 aromatic rings. The fraction of sp³-hybridized carbons (Fsp3) is 0.286. The van der Waals surface area contributed by atoms with Crippen LogP contribution in [0.5, 0.6) is 0 Å². The fourth-order valence-corrected chi connectivity index (χ4v) is 0.860. The predicted octanol–water partition coefficient (Wildman–Crippen LogP) is 1.54. The summed E-state index contributed by atoms with van der Waals surface area (Å²) in [4.78, 5) is 10.7. The summed E-state index contributed by atoms with van der Waals surface area (Å²) in [6.45, 7) is 3.12. The molecule has 0 bridgehead atoms. The molecular weight excluding hydrogens is 196 g/mol. The topological polar surface area (TPSA) is 69.7 Å². The van der Waals surface area contributed by atoms with E-state index in [2.05, 4.69) is 8.92 Å². The summed E-state index contributed by atoms with van der Waals surface area (Å²) in [5, 5.41) is -1.44. The van der Waals surface area contributed by atoms with Gasteiger partial charge in [0.2, 0.25) is 0 Å². The van der Waals surface area contributed by atoms with E-state index in [1.165, 1.54) is 12.2 Å². The van der Waals surface area contributed by atoms with Crippen LogP contribution in [0.15, 0.2) is 24.7 Å². The first-order chi connectivity index (χ1) is 6.04. The number of rotatable bonds is 3. The van der Waals surface area contributed by atoms with Crippen LogP contribution in [0.3, 0.4) is 0 Å². The average Bonchev–Trinajstić information content (AvgIpc) is 2.10. The number of carbonyl (C=O) groups excluding carboxylic acids is 1. The van der Waals surface area contributed by atoms with Crippen LogP contribution in [-0.2, 0) is 19.0 Å². The van der Waals surface area contributed by atoms with Crippen molar-refractivity contribution in [2.45, 2.75) is 13.8 Å². The second-order valence-electron chi connectivity index (χ2n) is 1.86. The van der Waals surface area contributed by atoms with E-state index < -0.39 is 15.4 Å². The monoisotopic (exact) mass is 206 g/mol. The van der Waals surface area contributed by atoms with Gasteiger partial charge in [-0.05, 0) is 13.8 Å². The summed E-state index contributed by atoms with van der Waals surface area (Å²) in [5.41, 5.74) is 0. The number of hydrogen-bond acceptors (Lipinski definition) is 5. The highest BCUT2D eigenvalue weighted by molar-refractivity contribution is 8.01. The van der Waals surface area contributed by atoms with Gasteiger partial charge in [0.25, 0.3) is 0 Å². The van der Waals surface area contributed by atoms with Crippen LogP contribution in [0.4, 0.5) is 4.79 Å². The van der Waals surface area contributed by atoms with E-state index in [9.17, 15) is 13.2 Å². The van der Waals surface area contributed by atoms with Gasteiger partial charge in [-0.25, -0.2) is 4.79 Å². The molecule has 0 atom stereocenters. The SMILES string of the molecule is CC=COC(=O)S(=O)(=O)OC=CC. The molecule has 0 radical (unpaired) electrons. The standard InChI is InChI=1S/C7H10O5S/c1-3-5-11-7(8)13(9,10)12-6-4-2/h3-6H,1-2H3. The van der Waals surface area contributed by atoms with Gasteiger partial charge in [0.1, 0.15) is 6.26 Å². The second-order valence-corrected chi connectivity index (χ2v) is 3.29. The normalized spacial score (nSPS) is 12.2. The molecule has 0 rings (SSSR count). The maximum absolute atomic E-state index is 10.8. The number of allylic oxidation sites excluding steroid dienone is 2. The van der Waals surface area contributed by atoms with Gasteiger partial charge in [-0.15, -0.1) is 0 Å². The van der Waals surface area contributed by atoms with E-state index >= 15 is 0 Å². The first-order valence-corrected chi connectivity index (χ1v) is 4.81. The van der Waals surface area contributed by atoms with Crippen LogP contribution in [0.2, 0.25) is 0 Å². The van der Waals surface area contributed by atoms with Gasteiger partial charge < -0.3 is 8.92 Å². The van der Waals surface area contributed by atoms with Crippen molar-refractivity contribution in [3.63, 3.8) is 0 Å². The number of hydrogen-bond donors (Lipinski definition) is 0. The Kier molecular flexibility index (Phi) is 4.83. The molecule has 0 N–H and O–H groups in total. The summed E-state index contributed by atoms with van der Waals surface area (Å²) in [6, 6.07) is 0. The van der Waals surface area contributed by atoms with Gasteiger partial charge in [-0.2, -0.15) is 8.42 Å². The summed E-state index contributed by atoms with van der Waals surface area (Å²) in [7, 11) is -4.29. The molecule has 6 heteroatoms. The fourth-order valence-electron chi connectivity index (χ4n) is 0.351. The molecule has 0 saturated carbocycles. The molecule has 13 heavy (non-hydrogen) atoms. The highest BCUT2D eigenvalue weighted by atomic mass is 32.2. The summed E-state index contributed by atoms with van der Waals surface area (Å²) in [6.07, 6.45) is 4.55. The summed E-state index contributed by atoms with van der Waals surface area (Å²) < 4.78 is 29.9. The second kappa shape index (κ2) is 5.36. The maximum Gasteiger partial charge on any atom is 0.468 e. The minimum atomic E-state index is -4.29. The highest BCUT2D eigenvalue weighted by Gasteiger charge is 2.24. The molecule has 0 unspecified atom stereocenters. The van der Waals surface area contributed by atoms with Gasteiger partial charge in [0.15, 0.2) is 0 Å². The minimum absolute atomic E-state index is 0.881. The zero-order chi connectivity index (χ0) is 10.3. The smallest absolute Gasteiger partial charge is 0.421 e. The van der Waals surface area contributed by atoms with Crippen molar-refractivity contribution in [2.75, 3.05) is 0 Å². The Morgan fingerprint density at radius 1 is 1.15 bits per heavy atom. The van der Waals surface area contributed by atoms with E-state index in [-0.39, 0.29) is 0 Å². The van der Waals surface area contributed by atoms with Gasteiger partial charge >= 0.3 is 15.4 Å². The van der Waals surface area contributed by atoms with Crippen LogP contribution >= 0.6 is 0 Å². The Balaban J connectivity index is 4.37. The van der Waals surface area contributed by atoms with Crippen LogP contribution in [-0.4, -0.2) is 13.7 Å². The molecule has 0 amide bonds. The third kappa shape index (κ3) is 4.32. The lowest BCUT2D eigenvalue weighted by Crippen LogP contribution is -2.14.